The van der Waals surface area contributed by atoms with E-state index in [1.807, 2.05) is 0 Å². The van der Waals surface area contributed by atoms with Gasteiger partial charge in [-0.05, 0) is 12.1 Å². The predicted molar refractivity (Wildman–Crippen MR) is 62.9 cm³/mol. The number of hydrogen-bond acceptors (Lipinski definition) is 3. The summed E-state index contributed by atoms with van der Waals surface area (Å²) in [6, 6.07) is 5.52. The molecule has 0 radical (unpaired) electrons. The molecule has 2 heterocycles. The van der Waals surface area contributed by atoms with E-state index in [9.17, 15) is 4.79 Å². The summed E-state index contributed by atoms with van der Waals surface area (Å²) in [6.45, 7) is 1.63. The fourth-order valence-electron chi connectivity index (χ4n) is 1.87. The van der Waals surface area contributed by atoms with Crippen LogP contribution in [0.25, 0.3) is 10.9 Å². The first-order chi connectivity index (χ1) is 7.77. The van der Waals surface area contributed by atoms with Crippen LogP contribution in [0.4, 0.5) is 0 Å². The van der Waals surface area contributed by atoms with Gasteiger partial charge in [0.15, 0.2) is 0 Å². The summed E-state index contributed by atoms with van der Waals surface area (Å²) >= 11 is 6.03. The summed E-state index contributed by atoms with van der Waals surface area (Å²) < 4.78 is 1.66. The molecule has 0 aliphatic carbocycles. The highest BCUT2D eigenvalue weighted by molar-refractivity contribution is 6.35. The molecule has 5 heteroatoms. The second kappa shape index (κ2) is 3.57. The molecule has 82 valence electrons. The molecule has 0 unspecified atom stereocenters. The highest BCUT2D eigenvalue weighted by Crippen LogP contribution is 2.19. The Labute approximate surface area is 96.9 Å². The largest absolute Gasteiger partial charge is 0.313 e. The lowest BCUT2D eigenvalue weighted by molar-refractivity contribution is 0.334. The average molecular weight is 236 g/mol. The molecule has 1 saturated heterocycles. The second-order valence-corrected chi connectivity index (χ2v) is 4.31. The molecule has 1 N–H and O–H groups in total. The quantitative estimate of drug-likeness (QED) is 0.808. The molecule has 1 aliphatic rings. The number of nitrogens with zero attached hydrogens (tertiary/aromatic N) is 2. The van der Waals surface area contributed by atoms with E-state index in [1.165, 1.54) is 0 Å². The Bertz CT molecular complexity index is 604. The number of fused-ring (bicyclic) bond motifs is 1. The standard InChI is InChI=1S/C11H10ClN3O/c12-8-2-1-3-9-10(8)11(16)15(6-14-9)7-4-13-5-7/h1-3,6-7,13H,4-5H2. The van der Waals surface area contributed by atoms with Crippen LogP contribution in [-0.4, -0.2) is 22.6 Å². The predicted octanol–water partition coefficient (Wildman–Crippen LogP) is 1.19. The van der Waals surface area contributed by atoms with Gasteiger partial charge in [-0.3, -0.25) is 9.36 Å². The van der Waals surface area contributed by atoms with Crippen molar-refractivity contribution in [3.8, 4) is 0 Å². The van der Waals surface area contributed by atoms with E-state index >= 15 is 0 Å². The Hall–Kier alpha value is -1.39. The first kappa shape index (κ1) is 9.81. The highest BCUT2D eigenvalue weighted by atomic mass is 35.5. The fraction of sp³-hybridized carbons (Fsp3) is 0.273. The molecule has 2 aromatic rings. The molecule has 4 nitrogen and oxygen atoms in total. The number of halogens is 1. The molecule has 1 aromatic carbocycles. The van der Waals surface area contributed by atoms with Gasteiger partial charge in [-0.25, -0.2) is 4.98 Å². The minimum absolute atomic E-state index is 0.0536. The minimum Gasteiger partial charge on any atom is -0.313 e. The number of aromatic nitrogens is 2. The molecule has 0 spiro atoms. The Balaban J connectivity index is 2.30. The van der Waals surface area contributed by atoms with Crippen LogP contribution in [0.1, 0.15) is 6.04 Å². The molecule has 0 atom stereocenters. The van der Waals surface area contributed by atoms with Crippen molar-refractivity contribution < 1.29 is 0 Å². The third-order valence-corrected chi connectivity index (χ3v) is 3.23. The van der Waals surface area contributed by atoms with E-state index < -0.39 is 0 Å². The van der Waals surface area contributed by atoms with Crippen molar-refractivity contribution in [3.05, 3.63) is 39.9 Å². The van der Waals surface area contributed by atoms with Crippen molar-refractivity contribution in [2.24, 2.45) is 0 Å². The van der Waals surface area contributed by atoms with E-state index in [-0.39, 0.29) is 11.6 Å². The molecule has 3 rings (SSSR count). The van der Waals surface area contributed by atoms with Gasteiger partial charge in [-0.1, -0.05) is 17.7 Å². The van der Waals surface area contributed by atoms with Gasteiger partial charge in [-0.2, -0.15) is 0 Å². The van der Waals surface area contributed by atoms with Crippen LogP contribution in [0.5, 0.6) is 0 Å². The number of benzene rings is 1. The molecule has 1 aromatic heterocycles. The maximum Gasteiger partial charge on any atom is 0.263 e. The zero-order valence-electron chi connectivity index (χ0n) is 8.48. The summed E-state index contributed by atoms with van der Waals surface area (Å²) in [6.07, 6.45) is 1.60. The lowest BCUT2D eigenvalue weighted by Gasteiger charge is -2.28. The summed E-state index contributed by atoms with van der Waals surface area (Å²) in [5, 5.41) is 4.11. The maximum absolute atomic E-state index is 12.2. The van der Waals surface area contributed by atoms with Crippen LogP contribution in [0.2, 0.25) is 5.02 Å². The van der Waals surface area contributed by atoms with E-state index in [0.29, 0.717) is 15.9 Å². The van der Waals surface area contributed by atoms with Gasteiger partial charge in [0, 0.05) is 13.1 Å². The summed E-state index contributed by atoms with van der Waals surface area (Å²) in [7, 11) is 0. The zero-order valence-corrected chi connectivity index (χ0v) is 9.24. The summed E-state index contributed by atoms with van der Waals surface area (Å²) in [4.78, 5) is 16.5. The number of hydrogen-bond donors (Lipinski definition) is 1. The molecule has 1 fully saturated rings. The molecule has 0 bridgehead atoms. The Morgan fingerprint density at radius 2 is 2.25 bits per heavy atom. The molecule has 16 heavy (non-hydrogen) atoms. The van der Waals surface area contributed by atoms with Crippen molar-refractivity contribution in [2.75, 3.05) is 13.1 Å². The lowest BCUT2D eigenvalue weighted by atomic mass is 10.1. The SMILES string of the molecule is O=c1c2c(Cl)cccc2ncn1C1CNC1. The molecular formula is C11H10ClN3O. The van der Waals surface area contributed by atoms with Crippen LogP contribution in [-0.2, 0) is 0 Å². The highest BCUT2D eigenvalue weighted by Gasteiger charge is 2.21. The van der Waals surface area contributed by atoms with Gasteiger partial charge in [-0.15, -0.1) is 0 Å². The zero-order chi connectivity index (χ0) is 11.1. The van der Waals surface area contributed by atoms with Crippen molar-refractivity contribution in [3.63, 3.8) is 0 Å². The van der Waals surface area contributed by atoms with Crippen LogP contribution in [0, 0.1) is 0 Å². The number of rotatable bonds is 1. The van der Waals surface area contributed by atoms with Gasteiger partial charge in [0.2, 0.25) is 0 Å². The monoisotopic (exact) mass is 235 g/mol. The average Bonchev–Trinajstić information content (AvgIpc) is 2.19. The lowest BCUT2D eigenvalue weighted by Crippen LogP contribution is -2.46. The van der Waals surface area contributed by atoms with E-state index in [0.717, 1.165) is 13.1 Å². The van der Waals surface area contributed by atoms with Gasteiger partial charge >= 0.3 is 0 Å². The Kier molecular flexibility index (Phi) is 2.19. The van der Waals surface area contributed by atoms with Crippen LogP contribution >= 0.6 is 11.6 Å². The normalized spacial score (nSPS) is 16.3. The first-order valence-corrected chi connectivity index (χ1v) is 5.51. The maximum atomic E-state index is 12.2. The molecule has 0 amide bonds. The third-order valence-electron chi connectivity index (χ3n) is 2.91. The smallest absolute Gasteiger partial charge is 0.263 e. The topological polar surface area (TPSA) is 46.9 Å². The molecule has 1 aliphatic heterocycles. The van der Waals surface area contributed by atoms with Crippen molar-refractivity contribution in [1.29, 1.82) is 0 Å². The molecule has 0 saturated carbocycles. The van der Waals surface area contributed by atoms with Crippen LogP contribution < -0.4 is 10.9 Å². The number of nitrogens with one attached hydrogen (secondary N) is 1. The van der Waals surface area contributed by atoms with Crippen molar-refractivity contribution in [1.82, 2.24) is 14.9 Å². The third kappa shape index (κ3) is 1.34. The van der Waals surface area contributed by atoms with Crippen molar-refractivity contribution >= 4 is 22.5 Å². The summed E-state index contributed by atoms with van der Waals surface area (Å²) in [5.41, 5.74) is 0.600. The first-order valence-electron chi connectivity index (χ1n) is 5.13. The van der Waals surface area contributed by atoms with E-state index in [4.69, 9.17) is 11.6 Å². The van der Waals surface area contributed by atoms with Crippen LogP contribution in [0.15, 0.2) is 29.3 Å². The Morgan fingerprint density at radius 1 is 1.44 bits per heavy atom. The van der Waals surface area contributed by atoms with Crippen molar-refractivity contribution in [2.45, 2.75) is 6.04 Å². The Morgan fingerprint density at radius 3 is 2.94 bits per heavy atom. The van der Waals surface area contributed by atoms with Crippen LogP contribution in [0.3, 0.4) is 0 Å². The van der Waals surface area contributed by atoms with Gasteiger partial charge in [0.1, 0.15) is 0 Å². The minimum atomic E-state index is -0.0536. The van der Waals surface area contributed by atoms with E-state index in [2.05, 4.69) is 10.3 Å². The molecular weight excluding hydrogens is 226 g/mol. The van der Waals surface area contributed by atoms with E-state index in [1.54, 1.807) is 29.1 Å². The van der Waals surface area contributed by atoms with Gasteiger partial charge < -0.3 is 5.32 Å². The van der Waals surface area contributed by atoms with Gasteiger partial charge in [0.05, 0.1) is 28.3 Å². The fourth-order valence-corrected chi connectivity index (χ4v) is 2.12. The van der Waals surface area contributed by atoms with Gasteiger partial charge in [0.25, 0.3) is 5.56 Å². The summed E-state index contributed by atoms with van der Waals surface area (Å²) in [5.74, 6) is 0. The second-order valence-electron chi connectivity index (χ2n) is 3.90.